The molecular weight excluding hydrogens is 268 g/mol. The number of ether oxygens (including phenoxy) is 2. The highest BCUT2D eigenvalue weighted by atomic mass is 16.6. The van der Waals surface area contributed by atoms with Crippen LogP contribution in [0.25, 0.3) is 0 Å². The average Bonchev–Trinajstić information content (AvgIpc) is 2.53. The zero-order chi connectivity index (χ0) is 14.7. The van der Waals surface area contributed by atoms with Crippen molar-refractivity contribution in [3.05, 3.63) is 24.3 Å². The highest BCUT2D eigenvalue weighted by Gasteiger charge is 2.27. The molecule has 1 aliphatic carbocycles. The first-order valence-electron chi connectivity index (χ1n) is 7.49. The van der Waals surface area contributed by atoms with Gasteiger partial charge in [0.15, 0.2) is 11.5 Å². The van der Waals surface area contributed by atoms with Crippen molar-refractivity contribution in [2.24, 2.45) is 11.0 Å². The second-order valence-corrected chi connectivity index (χ2v) is 5.59. The fraction of sp³-hybridized carbons (Fsp3) is 0.500. The number of hydrogen-bond donors (Lipinski definition) is 1. The molecule has 0 spiro atoms. The third kappa shape index (κ3) is 3.17. The largest absolute Gasteiger partial charge is 0.485 e. The Balaban J connectivity index is 1.60. The van der Waals surface area contributed by atoms with Gasteiger partial charge in [-0.25, -0.2) is 5.43 Å². The minimum absolute atomic E-state index is 0.212. The molecule has 0 bridgehead atoms. The summed E-state index contributed by atoms with van der Waals surface area (Å²) >= 11 is 0. The van der Waals surface area contributed by atoms with Crippen LogP contribution in [0.4, 0.5) is 0 Å². The SMILES string of the molecule is C[C@H]1CCCC/C1=N/NC(=O)[C@H]1COc2ccccc2O1. The molecule has 5 heteroatoms. The van der Waals surface area contributed by atoms with E-state index in [0.717, 1.165) is 25.0 Å². The van der Waals surface area contributed by atoms with Crippen LogP contribution in [0.3, 0.4) is 0 Å². The summed E-state index contributed by atoms with van der Waals surface area (Å²) in [5.41, 5.74) is 3.70. The third-order valence-electron chi connectivity index (χ3n) is 4.00. The lowest BCUT2D eigenvalue weighted by Gasteiger charge is -2.25. The van der Waals surface area contributed by atoms with Gasteiger partial charge in [-0.2, -0.15) is 5.10 Å². The van der Waals surface area contributed by atoms with Crippen molar-refractivity contribution in [2.75, 3.05) is 6.61 Å². The molecule has 0 unspecified atom stereocenters. The topological polar surface area (TPSA) is 59.9 Å². The zero-order valence-corrected chi connectivity index (χ0v) is 12.2. The van der Waals surface area contributed by atoms with E-state index in [1.807, 2.05) is 18.2 Å². The second kappa shape index (κ2) is 6.16. The summed E-state index contributed by atoms with van der Waals surface area (Å²) in [5, 5.41) is 4.28. The van der Waals surface area contributed by atoms with Gasteiger partial charge in [0.25, 0.3) is 5.91 Å². The first kappa shape index (κ1) is 13.9. The quantitative estimate of drug-likeness (QED) is 0.851. The Morgan fingerprint density at radius 2 is 2.10 bits per heavy atom. The van der Waals surface area contributed by atoms with Crippen molar-refractivity contribution in [3.8, 4) is 11.5 Å². The minimum atomic E-state index is -0.650. The number of amides is 1. The van der Waals surface area contributed by atoms with Crippen molar-refractivity contribution in [3.63, 3.8) is 0 Å². The van der Waals surface area contributed by atoms with Gasteiger partial charge in [0.2, 0.25) is 6.10 Å². The number of carbonyl (C=O) groups excluding carboxylic acids is 1. The van der Waals surface area contributed by atoms with Crippen LogP contribution in [0.5, 0.6) is 11.5 Å². The number of nitrogens with zero attached hydrogens (tertiary/aromatic N) is 1. The molecule has 1 N–H and O–H groups in total. The monoisotopic (exact) mass is 288 g/mol. The lowest BCUT2D eigenvalue weighted by molar-refractivity contribution is -0.130. The van der Waals surface area contributed by atoms with E-state index in [4.69, 9.17) is 9.47 Å². The van der Waals surface area contributed by atoms with Crippen LogP contribution in [0.2, 0.25) is 0 Å². The predicted octanol–water partition coefficient (Wildman–Crippen LogP) is 2.51. The van der Waals surface area contributed by atoms with Crippen LogP contribution in [0.15, 0.2) is 29.4 Å². The van der Waals surface area contributed by atoms with Crippen LogP contribution >= 0.6 is 0 Å². The summed E-state index contributed by atoms with van der Waals surface area (Å²) in [6.45, 7) is 2.36. The predicted molar refractivity (Wildman–Crippen MR) is 79.6 cm³/mol. The number of rotatable bonds is 2. The molecule has 0 aromatic heterocycles. The van der Waals surface area contributed by atoms with E-state index in [0.29, 0.717) is 17.4 Å². The van der Waals surface area contributed by atoms with Crippen LogP contribution < -0.4 is 14.9 Å². The zero-order valence-electron chi connectivity index (χ0n) is 12.2. The molecule has 3 rings (SSSR count). The van der Waals surface area contributed by atoms with E-state index >= 15 is 0 Å². The van der Waals surface area contributed by atoms with Gasteiger partial charge < -0.3 is 9.47 Å². The number of nitrogens with one attached hydrogen (secondary N) is 1. The van der Waals surface area contributed by atoms with E-state index < -0.39 is 6.10 Å². The highest BCUT2D eigenvalue weighted by molar-refractivity contribution is 5.89. The van der Waals surface area contributed by atoms with Gasteiger partial charge in [0, 0.05) is 5.71 Å². The Hall–Kier alpha value is -2.04. The molecule has 1 heterocycles. The maximum Gasteiger partial charge on any atom is 0.284 e. The number of fused-ring (bicyclic) bond motifs is 1. The van der Waals surface area contributed by atoms with Gasteiger partial charge in [-0.3, -0.25) is 4.79 Å². The Bertz CT molecular complexity index is 556. The van der Waals surface area contributed by atoms with Crippen LogP contribution in [0, 0.1) is 5.92 Å². The molecule has 1 fully saturated rings. The Kier molecular flexibility index (Phi) is 4.08. The number of hydrazone groups is 1. The maximum atomic E-state index is 12.1. The van der Waals surface area contributed by atoms with Crippen molar-refractivity contribution in [1.29, 1.82) is 0 Å². The first-order chi connectivity index (χ1) is 10.2. The molecule has 1 aromatic carbocycles. The standard InChI is InChI=1S/C16H20N2O3/c1-11-6-2-3-7-12(11)17-18-16(19)15-10-20-13-8-4-5-9-14(13)21-15/h4-5,8-9,11,15H,2-3,6-7,10H2,1H3,(H,18,19)/b17-12-/t11-,15+/m0/s1. The maximum absolute atomic E-state index is 12.1. The van der Waals surface area contributed by atoms with Gasteiger partial charge >= 0.3 is 0 Å². The van der Waals surface area contributed by atoms with Gasteiger partial charge in [0.1, 0.15) is 6.61 Å². The summed E-state index contributed by atoms with van der Waals surface area (Å²) in [6.07, 6.45) is 3.85. The van der Waals surface area contributed by atoms with E-state index in [2.05, 4.69) is 17.5 Å². The second-order valence-electron chi connectivity index (χ2n) is 5.59. The van der Waals surface area contributed by atoms with Crippen LogP contribution in [-0.2, 0) is 4.79 Å². The van der Waals surface area contributed by atoms with Gasteiger partial charge in [-0.05, 0) is 37.3 Å². The van der Waals surface area contributed by atoms with Crippen LogP contribution in [0.1, 0.15) is 32.6 Å². The van der Waals surface area contributed by atoms with Gasteiger partial charge in [-0.1, -0.05) is 25.5 Å². The molecule has 5 nitrogen and oxygen atoms in total. The summed E-state index contributed by atoms with van der Waals surface area (Å²) in [6, 6.07) is 7.35. The van der Waals surface area contributed by atoms with E-state index in [1.54, 1.807) is 6.07 Å². The summed E-state index contributed by atoms with van der Waals surface area (Å²) in [7, 11) is 0. The Labute approximate surface area is 124 Å². The molecule has 0 saturated heterocycles. The molecular formula is C16H20N2O3. The Morgan fingerprint density at radius 3 is 2.90 bits per heavy atom. The number of carbonyl (C=O) groups is 1. The third-order valence-corrected chi connectivity index (χ3v) is 4.00. The van der Waals surface area contributed by atoms with Crippen LogP contribution in [-0.4, -0.2) is 24.3 Å². The molecule has 0 radical (unpaired) electrons. The van der Waals surface area contributed by atoms with Crippen molar-refractivity contribution in [1.82, 2.24) is 5.43 Å². The van der Waals surface area contributed by atoms with Crippen molar-refractivity contribution < 1.29 is 14.3 Å². The fourth-order valence-corrected chi connectivity index (χ4v) is 2.68. The van der Waals surface area contributed by atoms with E-state index in [9.17, 15) is 4.79 Å². The number of para-hydroxylation sites is 2. The summed E-state index contributed by atoms with van der Waals surface area (Å²) < 4.78 is 11.2. The van der Waals surface area contributed by atoms with Crippen molar-refractivity contribution in [2.45, 2.75) is 38.7 Å². The van der Waals surface area contributed by atoms with E-state index in [1.165, 1.54) is 6.42 Å². The minimum Gasteiger partial charge on any atom is -0.485 e. The molecule has 1 aromatic rings. The lowest BCUT2D eigenvalue weighted by atomic mass is 9.89. The Morgan fingerprint density at radius 1 is 1.29 bits per heavy atom. The molecule has 1 saturated carbocycles. The fourth-order valence-electron chi connectivity index (χ4n) is 2.68. The van der Waals surface area contributed by atoms with Gasteiger partial charge in [-0.15, -0.1) is 0 Å². The smallest absolute Gasteiger partial charge is 0.284 e. The molecule has 2 aliphatic rings. The molecule has 1 aliphatic heterocycles. The average molecular weight is 288 g/mol. The molecule has 112 valence electrons. The molecule has 21 heavy (non-hydrogen) atoms. The van der Waals surface area contributed by atoms with E-state index in [-0.39, 0.29) is 12.5 Å². The normalized spacial score (nSPS) is 26.4. The lowest BCUT2D eigenvalue weighted by Crippen LogP contribution is -2.42. The summed E-state index contributed by atoms with van der Waals surface area (Å²) in [5.74, 6) is 1.47. The number of benzene rings is 1. The first-order valence-corrected chi connectivity index (χ1v) is 7.49. The van der Waals surface area contributed by atoms with Crippen molar-refractivity contribution >= 4 is 11.6 Å². The molecule has 1 amide bonds. The number of hydrogen-bond acceptors (Lipinski definition) is 4. The van der Waals surface area contributed by atoms with Gasteiger partial charge in [0.05, 0.1) is 0 Å². The molecule has 2 atom stereocenters. The summed E-state index contributed by atoms with van der Waals surface area (Å²) in [4.78, 5) is 12.1. The highest BCUT2D eigenvalue weighted by Crippen LogP contribution is 2.30.